The van der Waals surface area contributed by atoms with E-state index in [1.54, 1.807) is 13.3 Å². The molecule has 2 heterocycles. The van der Waals surface area contributed by atoms with E-state index in [0.717, 1.165) is 49.8 Å². The predicted octanol–water partition coefficient (Wildman–Crippen LogP) is 6.25. The number of halogens is 3. The maximum absolute atomic E-state index is 13.8. The van der Waals surface area contributed by atoms with Crippen molar-refractivity contribution in [3.63, 3.8) is 0 Å². The van der Waals surface area contributed by atoms with Crippen molar-refractivity contribution in [1.29, 1.82) is 0 Å². The van der Waals surface area contributed by atoms with Crippen LogP contribution in [0.2, 0.25) is 5.02 Å². The molecule has 5 nitrogen and oxygen atoms in total. The Balaban J connectivity index is 1.30. The number of benzene rings is 2. The Morgan fingerprint density at radius 3 is 2.59 bits per heavy atom. The first-order valence-electron chi connectivity index (χ1n) is 12.6. The third-order valence-corrected chi connectivity index (χ3v) is 8.86. The zero-order valence-electron chi connectivity index (χ0n) is 20.9. The molecule has 9 heteroatoms. The highest BCUT2D eigenvalue weighted by Gasteiger charge is 2.34. The molecule has 1 atom stereocenters. The summed E-state index contributed by atoms with van der Waals surface area (Å²) in [6.07, 6.45) is 4.39. The van der Waals surface area contributed by atoms with E-state index in [4.69, 9.17) is 16.3 Å². The highest BCUT2D eigenvalue weighted by Crippen LogP contribution is 2.40. The van der Waals surface area contributed by atoms with Gasteiger partial charge in [0.25, 0.3) is 0 Å². The third kappa shape index (κ3) is 6.73. The number of aliphatic hydroxyl groups excluding tert-OH is 2. The predicted molar refractivity (Wildman–Crippen MR) is 144 cm³/mol. The molecule has 1 aliphatic rings. The summed E-state index contributed by atoms with van der Waals surface area (Å²) >= 11 is 7.67. The molecule has 1 aromatic heterocycles. The lowest BCUT2D eigenvalue weighted by molar-refractivity contribution is 0.0238. The molecule has 0 amide bonds. The Bertz CT molecular complexity index is 1190. The van der Waals surface area contributed by atoms with Crippen LogP contribution in [0.4, 0.5) is 8.78 Å². The second kappa shape index (κ2) is 12.7. The van der Waals surface area contributed by atoms with Gasteiger partial charge in [-0.3, -0.25) is 4.98 Å². The van der Waals surface area contributed by atoms with Crippen LogP contribution in [0.15, 0.2) is 47.5 Å². The zero-order chi connectivity index (χ0) is 26.4. The maximum atomic E-state index is 13.8. The Labute approximate surface area is 225 Å². The summed E-state index contributed by atoms with van der Waals surface area (Å²) in [5, 5.41) is 22.6. The number of likely N-dealkylation sites (tertiary alicyclic amines) is 1. The Morgan fingerprint density at radius 2 is 1.92 bits per heavy atom. The number of piperidine rings is 1. The van der Waals surface area contributed by atoms with Gasteiger partial charge in [0.15, 0.2) is 0 Å². The largest absolute Gasteiger partial charge is 0.497 e. The summed E-state index contributed by atoms with van der Waals surface area (Å²) in [6.45, 7) is 2.58. The lowest BCUT2D eigenvalue weighted by Crippen LogP contribution is -2.42. The SMILES string of the molecule is COc1ccc2ncc(Cl)c([C@H](O)CCC3(CO)CCN(CCCSc4c(F)cccc4F)CC3)c2c1. The van der Waals surface area contributed by atoms with Gasteiger partial charge in [0.2, 0.25) is 0 Å². The smallest absolute Gasteiger partial charge is 0.139 e. The molecule has 0 bridgehead atoms. The van der Waals surface area contributed by atoms with E-state index in [1.807, 2.05) is 18.2 Å². The average Bonchev–Trinajstić information content (AvgIpc) is 2.91. The van der Waals surface area contributed by atoms with Crippen LogP contribution in [0, 0.1) is 17.0 Å². The fourth-order valence-electron chi connectivity index (χ4n) is 5.04. The van der Waals surface area contributed by atoms with Gasteiger partial charge in [-0.15, -0.1) is 11.8 Å². The molecule has 0 saturated carbocycles. The normalized spacial score (nSPS) is 16.7. The Hall–Kier alpha value is -1.97. The minimum Gasteiger partial charge on any atom is -0.497 e. The summed E-state index contributed by atoms with van der Waals surface area (Å²) in [6, 6.07) is 9.44. The lowest BCUT2D eigenvalue weighted by atomic mass is 9.74. The molecule has 1 aliphatic heterocycles. The molecule has 0 radical (unpaired) electrons. The van der Waals surface area contributed by atoms with Gasteiger partial charge < -0.3 is 19.8 Å². The second-order valence-corrected chi connectivity index (χ2v) is 11.2. The van der Waals surface area contributed by atoms with Gasteiger partial charge in [-0.05, 0) is 93.2 Å². The Kier molecular flexibility index (Phi) is 9.64. The topological polar surface area (TPSA) is 65.8 Å². The number of nitrogens with zero attached hydrogens (tertiary/aromatic N) is 2. The van der Waals surface area contributed by atoms with Gasteiger partial charge >= 0.3 is 0 Å². The van der Waals surface area contributed by atoms with Crippen LogP contribution in [0.5, 0.6) is 5.75 Å². The molecule has 0 unspecified atom stereocenters. The number of aliphatic hydroxyl groups is 2. The molecule has 2 aromatic carbocycles. The summed E-state index contributed by atoms with van der Waals surface area (Å²) in [7, 11) is 1.59. The van der Waals surface area contributed by atoms with E-state index in [-0.39, 0.29) is 16.9 Å². The minimum absolute atomic E-state index is 0.0641. The quantitative estimate of drug-likeness (QED) is 0.217. The third-order valence-electron chi connectivity index (χ3n) is 7.39. The zero-order valence-corrected chi connectivity index (χ0v) is 22.5. The number of fused-ring (bicyclic) bond motifs is 1. The number of hydrogen-bond acceptors (Lipinski definition) is 6. The van der Waals surface area contributed by atoms with Gasteiger partial charge in [0.1, 0.15) is 17.4 Å². The Morgan fingerprint density at radius 1 is 1.19 bits per heavy atom. The van der Waals surface area contributed by atoms with Crippen molar-refractivity contribution in [3.8, 4) is 5.75 Å². The second-order valence-electron chi connectivity index (χ2n) is 9.71. The van der Waals surface area contributed by atoms with Gasteiger partial charge in [0.05, 0.1) is 28.6 Å². The first-order valence-corrected chi connectivity index (χ1v) is 13.9. The van der Waals surface area contributed by atoms with Crippen molar-refractivity contribution >= 4 is 34.3 Å². The molecule has 1 fully saturated rings. The molecule has 0 spiro atoms. The van der Waals surface area contributed by atoms with Crippen LogP contribution >= 0.6 is 23.4 Å². The number of methoxy groups -OCH3 is 1. The number of rotatable bonds is 11. The van der Waals surface area contributed by atoms with Gasteiger partial charge in [-0.1, -0.05) is 17.7 Å². The maximum Gasteiger partial charge on any atom is 0.139 e. The fraction of sp³-hybridized carbons (Fsp3) is 0.464. The fourth-order valence-corrected chi connectivity index (χ4v) is 6.21. The molecular formula is C28H33ClF2N2O3S. The number of hydrogen-bond donors (Lipinski definition) is 2. The summed E-state index contributed by atoms with van der Waals surface area (Å²) < 4.78 is 32.9. The van der Waals surface area contributed by atoms with Crippen LogP contribution in [0.25, 0.3) is 10.9 Å². The van der Waals surface area contributed by atoms with E-state index in [1.165, 1.54) is 30.0 Å². The van der Waals surface area contributed by atoms with Crippen molar-refractivity contribution in [1.82, 2.24) is 9.88 Å². The van der Waals surface area contributed by atoms with Crippen molar-refractivity contribution < 1.29 is 23.7 Å². The standard InChI is InChI=1S/C28H33ClF2N2O3S/c1-36-19-6-7-24-20(16-19)26(21(29)17-32-24)25(35)8-9-28(18-34)10-13-33(14-11-28)12-3-15-37-27-22(30)4-2-5-23(27)31/h2,4-7,16-17,25,34-35H,3,8-15,18H2,1H3/t25-/m1/s1. The van der Waals surface area contributed by atoms with Crippen molar-refractivity contribution in [2.45, 2.75) is 43.1 Å². The molecule has 2 N–H and O–H groups in total. The summed E-state index contributed by atoms with van der Waals surface area (Å²) in [4.78, 5) is 6.78. The first kappa shape index (κ1) is 28.0. The van der Waals surface area contributed by atoms with Gasteiger partial charge in [-0.2, -0.15) is 0 Å². The van der Waals surface area contributed by atoms with Crippen LogP contribution in [-0.4, -0.2) is 59.2 Å². The van der Waals surface area contributed by atoms with Crippen LogP contribution in [-0.2, 0) is 0 Å². The molecule has 1 saturated heterocycles. The summed E-state index contributed by atoms with van der Waals surface area (Å²) in [5.41, 5.74) is 1.12. The molecule has 200 valence electrons. The minimum atomic E-state index is -0.789. The number of thioether (sulfide) groups is 1. The molecule has 0 aliphatic carbocycles. The molecule has 37 heavy (non-hydrogen) atoms. The molecule has 3 aromatic rings. The van der Waals surface area contributed by atoms with Crippen LogP contribution < -0.4 is 4.74 Å². The highest BCUT2D eigenvalue weighted by atomic mass is 35.5. The summed E-state index contributed by atoms with van der Waals surface area (Å²) in [5.74, 6) is 0.273. The van der Waals surface area contributed by atoms with E-state index in [9.17, 15) is 19.0 Å². The first-order chi connectivity index (χ1) is 17.9. The van der Waals surface area contributed by atoms with E-state index >= 15 is 0 Å². The van der Waals surface area contributed by atoms with Gasteiger partial charge in [0, 0.05) is 23.8 Å². The van der Waals surface area contributed by atoms with Crippen molar-refractivity contribution in [3.05, 3.63) is 64.8 Å². The van der Waals surface area contributed by atoms with E-state index in [0.29, 0.717) is 34.9 Å². The van der Waals surface area contributed by atoms with E-state index in [2.05, 4.69) is 9.88 Å². The average molecular weight is 551 g/mol. The monoisotopic (exact) mass is 550 g/mol. The van der Waals surface area contributed by atoms with Crippen LogP contribution in [0.3, 0.4) is 0 Å². The number of ether oxygens (including phenoxy) is 1. The van der Waals surface area contributed by atoms with Crippen molar-refractivity contribution in [2.75, 3.05) is 39.1 Å². The van der Waals surface area contributed by atoms with Crippen molar-refractivity contribution in [2.24, 2.45) is 5.41 Å². The highest BCUT2D eigenvalue weighted by molar-refractivity contribution is 7.99. The van der Waals surface area contributed by atoms with E-state index < -0.39 is 17.7 Å². The number of aromatic nitrogens is 1. The number of pyridine rings is 1. The molecule has 4 rings (SSSR count). The van der Waals surface area contributed by atoms with Gasteiger partial charge in [-0.25, -0.2) is 8.78 Å². The van der Waals surface area contributed by atoms with Crippen LogP contribution in [0.1, 0.15) is 43.8 Å². The molecular weight excluding hydrogens is 518 g/mol. The lowest BCUT2D eigenvalue weighted by Gasteiger charge is -2.41.